The predicted molar refractivity (Wildman–Crippen MR) is 100 cm³/mol. The molecule has 0 saturated heterocycles. The number of hydrogen-bond donors (Lipinski definition) is 1. The normalized spacial score (nSPS) is 10.6. The van der Waals surface area contributed by atoms with E-state index in [1.807, 2.05) is 43.6 Å². The Morgan fingerprint density at radius 3 is 2.67 bits per heavy atom. The number of nitrogens with one attached hydrogen (secondary N) is 1. The van der Waals surface area contributed by atoms with Gasteiger partial charge in [0.05, 0.1) is 17.6 Å². The van der Waals surface area contributed by atoms with Gasteiger partial charge in [-0.2, -0.15) is 5.10 Å². The highest BCUT2D eigenvalue weighted by molar-refractivity contribution is 5.62. The molecule has 0 atom stereocenters. The van der Waals surface area contributed by atoms with Crippen molar-refractivity contribution in [3.05, 3.63) is 79.1 Å². The summed E-state index contributed by atoms with van der Waals surface area (Å²) in [5.74, 6) is 0.455. The first-order valence-corrected chi connectivity index (χ1v) is 8.28. The van der Waals surface area contributed by atoms with Crippen LogP contribution < -0.4 is 10.1 Å². The van der Waals surface area contributed by atoms with Crippen LogP contribution in [-0.2, 0) is 7.05 Å². The predicted octanol–water partition coefficient (Wildman–Crippen LogP) is 4.55. The van der Waals surface area contributed by atoms with Crippen LogP contribution in [0.5, 0.6) is 11.6 Å². The monoisotopic (exact) mass is 361 g/mol. The van der Waals surface area contributed by atoms with E-state index < -0.39 is 0 Å². The van der Waals surface area contributed by atoms with Crippen molar-refractivity contribution in [1.29, 1.82) is 0 Å². The second-order valence-electron chi connectivity index (χ2n) is 5.88. The van der Waals surface area contributed by atoms with Crippen LogP contribution in [-0.4, -0.2) is 19.7 Å². The number of para-hydroxylation sites is 1. The Kier molecular flexibility index (Phi) is 4.49. The van der Waals surface area contributed by atoms with Crippen LogP contribution in [0.15, 0.2) is 73.3 Å². The van der Waals surface area contributed by atoms with Crippen molar-refractivity contribution >= 4 is 11.4 Å². The molecule has 0 fully saturated rings. The summed E-state index contributed by atoms with van der Waals surface area (Å²) in [6.45, 7) is 0. The summed E-state index contributed by atoms with van der Waals surface area (Å²) < 4.78 is 21.6. The Bertz CT molecular complexity index is 1060. The molecule has 7 heteroatoms. The number of rotatable bonds is 5. The van der Waals surface area contributed by atoms with Crippen molar-refractivity contribution in [2.24, 2.45) is 7.05 Å². The van der Waals surface area contributed by atoms with Gasteiger partial charge in [-0.1, -0.05) is 18.2 Å². The van der Waals surface area contributed by atoms with Gasteiger partial charge >= 0.3 is 0 Å². The minimum atomic E-state index is -0.370. The molecule has 0 unspecified atom stereocenters. The molecule has 0 amide bonds. The van der Waals surface area contributed by atoms with Crippen LogP contribution in [0.4, 0.5) is 15.8 Å². The van der Waals surface area contributed by atoms with Crippen molar-refractivity contribution in [3.8, 4) is 22.9 Å². The molecule has 0 aliphatic heterocycles. The summed E-state index contributed by atoms with van der Waals surface area (Å²) in [6.07, 6.45) is 4.99. The largest absolute Gasteiger partial charge is 0.439 e. The molecule has 0 bridgehead atoms. The van der Waals surface area contributed by atoms with Gasteiger partial charge in [0.15, 0.2) is 0 Å². The maximum Gasteiger partial charge on any atom is 0.222 e. The molecule has 2 aromatic carbocycles. The lowest BCUT2D eigenvalue weighted by Gasteiger charge is -2.10. The van der Waals surface area contributed by atoms with E-state index in [-0.39, 0.29) is 5.82 Å². The Labute approximate surface area is 155 Å². The highest BCUT2D eigenvalue weighted by Gasteiger charge is 2.09. The molecule has 6 nitrogen and oxygen atoms in total. The Morgan fingerprint density at radius 1 is 1.04 bits per heavy atom. The van der Waals surface area contributed by atoms with Crippen molar-refractivity contribution in [1.82, 2.24) is 19.7 Å². The summed E-state index contributed by atoms with van der Waals surface area (Å²) in [5.41, 5.74) is 2.66. The summed E-state index contributed by atoms with van der Waals surface area (Å²) in [5, 5.41) is 7.17. The Morgan fingerprint density at radius 2 is 1.89 bits per heavy atom. The minimum absolute atomic E-state index is 0.320. The van der Waals surface area contributed by atoms with Crippen LogP contribution in [0.25, 0.3) is 11.3 Å². The first-order chi connectivity index (χ1) is 13.2. The highest BCUT2D eigenvalue weighted by Crippen LogP contribution is 2.28. The lowest BCUT2D eigenvalue weighted by atomic mass is 10.2. The number of benzene rings is 2. The fourth-order valence-electron chi connectivity index (χ4n) is 2.57. The molecular weight excluding hydrogens is 345 g/mol. The molecule has 0 aliphatic rings. The minimum Gasteiger partial charge on any atom is -0.439 e. The summed E-state index contributed by atoms with van der Waals surface area (Å²) in [6, 6.07) is 15.6. The molecule has 1 N–H and O–H groups in total. The quantitative estimate of drug-likeness (QED) is 0.565. The van der Waals surface area contributed by atoms with Crippen molar-refractivity contribution in [3.63, 3.8) is 0 Å². The smallest absolute Gasteiger partial charge is 0.222 e. The fraction of sp³-hybridized carbons (Fsp3) is 0.0500. The topological polar surface area (TPSA) is 64.9 Å². The third-order valence-corrected chi connectivity index (χ3v) is 3.86. The third kappa shape index (κ3) is 3.92. The van der Waals surface area contributed by atoms with Gasteiger partial charge in [0.2, 0.25) is 5.88 Å². The number of hydrogen-bond acceptors (Lipinski definition) is 5. The van der Waals surface area contributed by atoms with E-state index in [1.54, 1.807) is 29.1 Å². The maximum absolute atomic E-state index is 14.1. The van der Waals surface area contributed by atoms with E-state index in [4.69, 9.17) is 4.74 Å². The Hall–Kier alpha value is -3.74. The van der Waals surface area contributed by atoms with Crippen LogP contribution >= 0.6 is 0 Å². The van der Waals surface area contributed by atoms with Gasteiger partial charge in [-0.05, 0) is 24.3 Å². The molecule has 27 heavy (non-hydrogen) atoms. The first-order valence-electron chi connectivity index (χ1n) is 8.28. The molecule has 0 spiro atoms. The van der Waals surface area contributed by atoms with Crippen molar-refractivity contribution in [2.75, 3.05) is 5.32 Å². The number of ether oxygens (including phenoxy) is 1. The van der Waals surface area contributed by atoms with Gasteiger partial charge in [-0.3, -0.25) is 4.68 Å². The van der Waals surface area contributed by atoms with E-state index in [0.29, 0.717) is 23.0 Å². The molecule has 4 rings (SSSR count). The van der Waals surface area contributed by atoms with Crippen molar-refractivity contribution in [2.45, 2.75) is 0 Å². The summed E-state index contributed by atoms with van der Waals surface area (Å²) >= 11 is 0. The molecule has 2 heterocycles. The van der Waals surface area contributed by atoms with Crippen LogP contribution in [0.3, 0.4) is 0 Å². The third-order valence-electron chi connectivity index (χ3n) is 3.86. The fourth-order valence-corrected chi connectivity index (χ4v) is 2.57. The molecule has 4 aromatic rings. The average molecular weight is 361 g/mol. The lowest BCUT2D eigenvalue weighted by Crippen LogP contribution is -1.96. The zero-order valence-electron chi connectivity index (χ0n) is 14.5. The van der Waals surface area contributed by atoms with E-state index in [0.717, 1.165) is 11.3 Å². The zero-order valence-corrected chi connectivity index (χ0v) is 14.5. The van der Waals surface area contributed by atoms with Gasteiger partial charge in [0.1, 0.15) is 17.9 Å². The molecule has 0 saturated carbocycles. The van der Waals surface area contributed by atoms with Crippen molar-refractivity contribution < 1.29 is 9.13 Å². The highest BCUT2D eigenvalue weighted by atomic mass is 19.1. The maximum atomic E-state index is 14.1. The van der Waals surface area contributed by atoms with Crippen LogP contribution in [0.1, 0.15) is 0 Å². The number of anilines is 2. The number of aryl methyl sites for hydroxylation is 1. The molecule has 0 radical (unpaired) electrons. The standard InChI is InChI=1S/C20H16FN5O/c1-26-12-14(11-24-26)18-10-20(23-13-22-18)27-16-7-8-17(21)19(9-16)25-15-5-3-2-4-6-15/h2-13,25H,1H3. The molecule has 2 aromatic heterocycles. The van der Waals surface area contributed by atoms with Gasteiger partial charge in [0.25, 0.3) is 0 Å². The average Bonchev–Trinajstić information content (AvgIpc) is 3.12. The first kappa shape index (κ1) is 16.7. The second kappa shape index (κ2) is 7.25. The lowest BCUT2D eigenvalue weighted by molar-refractivity contribution is 0.460. The zero-order chi connectivity index (χ0) is 18.6. The number of halogens is 1. The molecular formula is C20H16FN5O. The van der Waals surface area contributed by atoms with Gasteiger partial charge < -0.3 is 10.1 Å². The van der Waals surface area contributed by atoms with Gasteiger partial charge in [0, 0.05) is 36.6 Å². The Balaban J connectivity index is 1.57. The van der Waals surface area contributed by atoms with Crippen LogP contribution in [0.2, 0.25) is 0 Å². The van der Waals surface area contributed by atoms with Gasteiger partial charge in [-0.25, -0.2) is 14.4 Å². The van der Waals surface area contributed by atoms with E-state index in [1.165, 1.54) is 12.4 Å². The van der Waals surface area contributed by atoms with Crippen LogP contribution in [0, 0.1) is 5.82 Å². The number of aromatic nitrogens is 4. The number of nitrogens with zero attached hydrogens (tertiary/aromatic N) is 4. The van der Waals surface area contributed by atoms with E-state index >= 15 is 0 Å². The SMILES string of the molecule is Cn1cc(-c2cc(Oc3ccc(F)c(Nc4ccccc4)c3)ncn2)cn1. The van der Waals surface area contributed by atoms with E-state index in [2.05, 4.69) is 20.4 Å². The van der Waals surface area contributed by atoms with Gasteiger partial charge in [-0.15, -0.1) is 0 Å². The molecule has 0 aliphatic carbocycles. The molecule has 134 valence electrons. The second-order valence-corrected chi connectivity index (χ2v) is 5.88. The van der Waals surface area contributed by atoms with E-state index in [9.17, 15) is 4.39 Å². The summed E-state index contributed by atoms with van der Waals surface area (Å²) in [4.78, 5) is 8.36. The summed E-state index contributed by atoms with van der Waals surface area (Å²) in [7, 11) is 1.84.